The van der Waals surface area contributed by atoms with Gasteiger partial charge >= 0.3 is 0 Å². The van der Waals surface area contributed by atoms with Crippen LogP contribution in [0.15, 0.2) is 0 Å². The molecule has 0 radical (unpaired) electrons. The van der Waals surface area contributed by atoms with Gasteiger partial charge in [0.15, 0.2) is 0 Å². The molecule has 0 aromatic rings. The maximum Gasteiger partial charge on any atom is 0.0223 e. The first-order valence-electron chi connectivity index (χ1n) is 7.18. The molecular formula is C14H30N2. The van der Waals surface area contributed by atoms with Gasteiger partial charge in [0, 0.05) is 12.6 Å². The third-order valence-electron chi connectivity index (χ3n) is 3.93. The van der Waals surface area contributed by atoms with Gasteiger partial charge in [-0.1, -0.05) is 20.8 Å². The Hall–Kier alpha value is -0.0800. The van der Waals surface area contributed by atoms with Crippen molar-refractivity contribution in [3.63, 3.8) is 0 Å². The van der Waals surface area contributed by atoms with Crippen LogP contribution in [0.3, 0.4) is 0 Å². The van der Waals surface area contributed by atoms with Gasteiger partial charge in [-0.3, -0.25) is 4.90 Å². The first-order chi connectivity index (χ1) is 7.75. The second-order valence-electron chi connectivity index (χ2n) is 5.28. The number of nitrogens with zero attached hydrogens (tertiary/aromatic N) is 2. The van der Waals surface area contributed by atoms with Crippen LogP contribution in [0.1, 0.15) is 46.5 Å². The van der Waals surface area contributed by atoms with Crippen molar-refractivity contribution >= 4 is 0 Å². The Bertz CT molecular complexity index is 174. The molecule has 96 valence electrons. The van der Waals surface area contributed by atoms with E-state index in [0.29, 0.717) is 0 Å². The van der Waals surface area contributed by atoms with E-state index in [-0.39, 0.29) is 0 Å². The van der Waals surface area contributed by atoms with E-state index >= 15 is 0 Å². The highest BCUT2D eigenvalue weighted by molar-refractivity contribution is 4.82. The molecule has 2 heteroatoms. The number of rotatable bonds is 1. The van der Waals surface area contributed by atoms with Crippen molar-refractivity contribution in [1.29, 1.82) is 0 Å². The summed E-state index contributed by atoms with van der Waals surface area (Å²) in [7, 11) is 2.26. The molecule has 2 heterocycles. The van der Waals surface area contributed by atoms with Crippen LogP contribution < -0.4 is 0 Å². The van der Waals surface area contributed by atoms with E-state index in [9.17, 15) is 0 Å². The lowest BCUT2D eigenvalue weighted by atomic mass is 9.95. The van der Waals surface area contributed by atoms with Crippen LogP contribution in [0.5, 0.6) is 0 Å². The molecular weight excluding hydrogens is 196 g/mol. The first kappa shape index (κ1) is 14.0. The van der Waals surface area contributed by atoms with Crippen molar-refractivity contribution in [2.45, 2.75) is 52.5 Å². The smallest absolute Gasteiger partial charge is 0.0223 e. The van der Waals surface area contributed by atoms with Crippen LogP contribution in [-0.2, 0) is 0 Å². The van der Waals surface area contributed by atoms with E-state index in [1.165, 1.54) is 51.9 Å². The number of hydrogen-bond donors (Lipinski definition) is 0. The molecule has 2 fully saturated rings. The average Bonchev–Trinajstić information content (AvgIpc) is 2.32. The van der Waals surface area contributed by atoms with Crippen molar-refractivity contribution in [2.24, 2.45) is 5.92 Å². The maximum atomic E-state index is 2.73. The highest BCUT2D eigenvalue weighted by atomic mass is 15.2. The predicted octanol–water partition coefficient (Wildman–Crippen LogP) is 2.84. The monoisotopic (exact) mass is 226 g/mol. The molecule has 0 spiro atoms. The van der Waals surface area contributed by atoms with Crippen LogP contribution in [-0.4, -0.2) is 49.1 Å². The number of likely N-dealkylation sites (tertiary alicyclic amines) is 2. The van der Waals surface area contributed by atoms with Gasteiger partial charge < -0.3 is 4.90 Å². The summed E-state index contributed by atoms with van der Waals surface area (Å²) in [5.74, 6) is 0.965. The molecule has 2 saturated heterocycles. The summed E-state index contributed by atoms with van der Waals surface area (Å²) in [5.41, 5.74) is 0. The van der Waals surface area contributed by atoms with E-state index in [4.69, 9.17) is 0 Å². The molecule has 16 heavy (non-hydrogen) atoms. The van der Waals surface area contributed by atoms with Gasteiger partial charge in [0.25, 0.3) is 0 Å². The first-order valence-corrected chi connectivity index (χ1v) is 7.18. The average molecular weight is 226 g/mol. The number of hydrogen-bond acceptors (Lipinski definition) is 2. The molecule has 0 N–H and O–H groups in total. The van der Waals surface area contributed by atoms with Gasteiger partial charge in [0.05, 0.1) is 0 Å². The standard InChI is InChI=1S/C12H24N2.C2H6/c1-11-5-8-14(9-6-11)12-4-3-7-13(2)10-12;1-2/h11-12H,3-10H2,1-2H3;1-2H3/t12-;/m1./s1. The third kappa shape index (κ3) is 4.06. The Balaban J connectivity index is 0.000000606. The minimum atomic E-state index is 0.862. The van der Waals surface area contributed by atoms with Gasteiger partial charge in [-0.15, -0.1) is 0 Å². The highest BCUT2D eigenvalue weighted by Gasteiger charge is 2.26. The van der Waals surface area contributed by atoms with E-state index < -0.39 is 0 Å². The van der Waals surface area contributed by atoms with Gasteiger partial charge in [0.1, 0.15) is 0 Å². The Morgan fingerprint density at radius 1 is 0.938 bits per heavy atom. The Labute approximate surface area is 102 Å². The lowest BCUT2D eigenvalue weighted by Crippen LogP contribution is -2.49. The van der Waals surface area contributed by atoms with Crippen LogP contribution in [0.2, 0.25) is 0 Å². The molecule has 0 saturated carbocycles. The summed E-state index contributed by atoms with van der Waals surface area (Å²) in [6.07, 6.45) is 5.66. The summed E-state index contributed by atoms with van der Waals surface area (Å²) in [6.45, 7) is 11.7. The topological polar surface area (TPSA) is 6.48 Å². The number of piperidine rings is 2. The normalized spacial score (nSPS) is 29.6. The van der Waals surface area contributed by atoms with Crippen molar-refractivity contribution in [2.75, 3.05) is 33.2 Å². The summed E-state index contributed by atoms with van der Waals surface area (Å²) in [4.78, 5) is 5.22. The zero-order chi connectivity index (χ0) is 12.0. The van der Waals surface area contributed by atoms with Gasteiger partial charge in [-0.2, -0.15) is 0 Å². The molecule has 1 atom stereocenters. The predicted molar refractivity (Wildman–Crippen MR) is 71.8 cm³/mol. The van der Waals surface area contributed by atoms with E-state index in [1.54, 1.807) is 0 Å². The third-order valence-corrected chi connectivity index (χ3v) is 3.93. The molecule has 2 rings (SSSR count). The fourth-order valence-corrected chi connectivity index (χ4v) is 2.83. The molecule has 0 amide bonds. The summed E-state index contributed by atoms with van der Waals surface area (Å²) in [6, 6.07) is 0.862. The molecule has 0 unspecified atom stereocenters. The number of likely N-dealkylation sites (N-methyl/N-ethyl adjacent to an activating group) is 1. The lowest BCUT2D eigenvalue weighted by Gasteiger charge is -2.41. The van der Waals surface area contributed by atoms with Gasteiger partial charge in [-0.05, 0) is 58.3 Å². The lowest BCUT2D eigenvalue weighted by molar-refractivity contribution is 0.0817. The minimum absolute atomic E-state index is 0.862. The Morgan fingerprint density at radius 3 is 2.12 bits per heavy atom. The van der Waals surface area contributed by atoms with Gasteiger partial charge in [-0.25, -0.2) is 0 Å². The zero-order valence-electron chi connectivity index (χ0n) is 11.7. The fraction of sp³-hybridized carbons (Fsp3) is 1.00. The summed E-state index contributed by atoms with van der Waals surface area (Å²) in [5, 5.41) is 0. The second kappa shape index (κ2) is 7.29. The Morgan fingerprint density at radius 2 is 1.56 bits per heavy atom. The SMILES string of the molecule is CC.CC1CCN([C@@H]2CCCN(C)C2)CC1. The molecule has 0 bridgehead atoms. The molecule has 0 aromatic carbocycles. The molecule has 2 aliphatic heterocycles. The quantitative estimate of drug-likeness (QED) is 0.678. The van der Waals surface area contributed by atoms with Crippen LogP contribution in [0.25, 0.3) is 0 Å². The highest BCUT2D eigenvalue weighted by Crippen LogP contribution is 2.22. The van der Waals surface area contributed by atoms with Crippen LogP contribution >= 0.6 is 0 Å². The second-order valence-corrected chi connectivity index (χ2v) is 5.28. The molecule has 2 aliphatic rings. The van der Waals surface area contributed by atoms with Crippen molar-refractivity contribution in [1.82, 2.24) is 9.80 Å². The fourth-order valence-electron chi connectivity index (χ4n) is 2.83. The van der Waals surface area contributed by atoms with Crippen LogP contribution in [0.4, 0.5) is 0 Å². The molecule has 0 aromatic heterocycles. The van der Waals surface area contributed by atoms with Crippen molar-refractivity contribution in [3.05, 3.63) is 0 Å². The van der Waals surface area contributed by atoms with Gasteiger partial charge in [0.2, 0.25) is 0 Å². The van der Waals surface area contributed by atoms with Crippen molar-refractivity contribution in [3.8, 4) is 0 Å². The molecule has 2 nitrogen and oxygen atoms in total. The van der Waals surface area contributed by atoms with E-state index in [0.717, 1.165) is 12.0 Å². The van der Waals surface area contributed by atoms with Crippen LogP contribution in [0, 0.1) is 5.92 Å². The van der Waals surface area contributed by atoms with Crippen molar-refractivity contribution < 1.29 is 0 Å². The molecule has 0 aliphatic carbocycles. The minimum Gasteiger partial charge on any atom is -0.305 e. The van der Waals surface area contributed by atoms with E-state index in [2.05, 4.69) is 23.8 Å². The summed E-state index contributed by atoms with van der Waals surface area (Å²) < 4.78 is 0. The summed E-state index contributed by atoms with van der Waals surface area (Å²) >= 11 is 0. The maximum absolute atomic E-state index is 2.73. The van der Waals surface area contributed by atoms with E-state index in [1.807, 2.05) is 13.8 Å². The Kier molecular flexibility index (Phi) is 6.37. The zero-order valence-corrected chi connectivity index (χ0v) is 11.7. The largest absolute Gasteiger partial charge is 0.305 e.